The smallest absolute Gasteiger partial charge is 0.136 e. The van der Waals surface area contributed by atoms with E-state index in [9.17, 15) is 9.60 Å². The Morgan fingerprint density at radius 3 is 1.60 bits per heavy atom. The molecule has 0 atom stereocenters. The highest BCUT2D eigenvalue weighted by Gasteiger charge is 2.20. The van der Waals surface area contributed by atoms with Crippen molar-refractivity contribution in [3.63, 3.8) is 0 Å². The minimum absolute atomic E-state index is 0.0341. The lowest BCUT2D eigenvalue weighted by atomic mass is 9.85. The third-order valence-electron chi connectivity index (χ3n) is 9.23. The summed E-state index contributed by atoms with van der Waals surface area (Å²) in [7, 11) is 0. The molecule has 2 heteroatoms. The fourth-order valence-electron chi connectivity index (χ4n) is 7.08. The number of furan rings is 2. The molecule has 9 aromatic carbocycles. The van der Waals surface area contributed by atoms with Gasteiger partial charge in [0.15, 0.2) is 0 Å². The summed E-state index contributed by atoms with van der Waals surface area (Å²) in [5.74, 6) is 0. The largest absolute Gasteiger partial charge is 0.456 e. The summed E-state index contributed by atoms with van der Waals surface area (Å²) in [6, 6.07) is 9.90. The molecule has 2 aromatic heterocycles. The minimum atomic E-state index is -0.737. The van der Waals surface area contributed by atoms with Crippen molar-refractivity contribution in [1.82, 2.24) is 0 Å². The van der Waals surface area contributed by atoms with Gasteiger partial charge in [0.1, 0.15) is 22.3 Å². The lowest BCUT2D eigenvalue weighted by Gasteiger charge is -2.18. The highest BCUT2D eigenvalue weighted by atomic mass is 16.3. The van der Waals surface area contributed by atoms with Crippen molar-refractivity contribution >= 4 is 76.2 Å². The first-order valence-electron chi connectivity index (χ1n) is 24.2. The van der Waals surface area contributed by atoms with Crippen LogP contribution >= 0.6 is 0 Å². The van der Waals surface area contributed by atoms with Crippen molar-refractivity contribution in [2.75, 3.05) is 0 Å². The molecule has 0 amide bonds. The van der Waals surface area contributed by atoms with E-state index in [1.54, 1.807) is 24.3 Å². The molecule has 0 saturated heterocycles. The Hall–Kier alpha value is -6.64. The molecule has 2 heterocycles. The molecule has 232 valence electrons. The third-order valence-corrected chi connectivity index (χ3v) is 9.23. The zero-order chi connectivity index (χ0) is 47.6. The van der Waals surface area contributed by atoms with Gasteiger partial charge in [0.25, 0.3) is 0 Å². The molecule has 0 saturated carbocycles. The number of hydrogen-bond donors (Lipinski definition) is 0. The van der Waals surface area contributed by atoms with E-state index in [1.807, 2.05) is 42.5 Å². The van der Waals surface area contributed by atoms with Crippen LogP contribution in [0.15, 0.2) is 178 Å². The van der Waals surface area contributed by atoms with Crippen molar-refractivity contribution < 1.29 is 32.1 Å². The second kappa shape index (κ2) is 10.4. The first-order valence-corrected chi connectivity index (χ1v) is 15.7. The lowest BCUT2D eigenvalue weighted by Crippen LogP contribution is -1.91. The van der Waals surface area contributed by atoms with E-state index in [2.05, 4.69) is 0 Å². The molecule has 0 fully saturated rings. The maximum Gasteiger partial charge on any atom is 0.136 e. The molecule has 0 aliphatic rings. The molecule has 0 aliphatic carbocycles. The Kier molecular flexibility index (Phi) is 3.28. The monoisotopic (exact) mass is 653 g/mol. The molecule has 0 aliphatic heterocycles. The highest BCUT2D eigenvalue weighted by molar-refractivity contribution is 6.27. The van der Waals surface area contributed by atoms with E-state index in [1.165, 1.54) is 0 Å². The molecule has 11 rings (SSSR count). The Labute approximate surface area is 311 Å². The predicted octanol–water partition coefficient (Wildman–Crippen LogP) is 13.9. The number of benzene rings is 9. The van der Waals surface area contributed by atoms with Gasteiger partial charge in [-0.3, -0.25) is 0 Å². The Balaban J connectivity index is 1.31. The molecule has 0 bridgehead atoms. The zero-order valence-corrected chi connectivity index (χ0v) is 25.7. The fraction of sp³-hybridized carbons (Fsp3) is 0. The summed E-state index contributed by atoms with van der Waals surface area (Å²) in [6.45, 7) is 0. The highest BCUT2D eigenvalue weighted by Crippen LogP contribution is 2.46. The van der Waals surface area contributed by atoms with E-state index in [4.69, 9.17) is 22.5 Å². The normalized spacial score (nSPS) is 16.8. The van der Waals surface area contributed by atoms with Gasteiger partial charge >= 0.3 is 0 Å². The molecule has 0 N–H and O–H groups in total. The van der Waals surface area contributed by atoms with Crippen LogP contribution in [-0.4, -0.2) is 0 Å². The lowest BCUT2D eigenvalue weighted by molar-refractivity contribution is 0.663. The van der Waals surface area contributed by atoms with E-state index < -0.39 is 114 Å². The van der Waals surface area contributed by atoms with Crippen molar-refractivity contribution in [2.45, 2.75) is 0 Å². The van der Waals surface area contributed by atoms with Crippen LogP contribution in [0.3, 0.4) is 0 Å². The number of rotatable bonds is 3. The summed E-state index contributed by atoms with van der Waals surface area (Å²) in [5, 5.41) is 0.298. The maximum atomic E-state index is 9.78. The Morgan fingerprint density at radius 1 is 0.360 bits per heavy atom. The van der Waals surface area contributed by atoms with Crippen molar-refractivity contribution in [3.05, 3.63) is 169 Å². The van der Waals surface area contributed by atoms with Crippen LogP contribution in [0.2, 0.25) is 0 Å². The van der Waals surface area contributed by atoms with Gasteiger partial charge in [-0.25, -0.2) is 0 Å². The van der Waals surface area contributed by atoms with E-state index in [0.717, 1.165) is 21.9 Å². The van der Waals surface area contributed by atoms with Gasteiger partial charge in [-0.15, -0.1) is 0 Å². The summed E-state index contributed by atoms with van der Waals surface area (Å²) in [5.41, 5.74) is -0.280. The van der Waals surface area contributed by atoms with Crippen LogP contribution in [0.5, 0.6) is 0 Å². The Morgan fingerprint density at radius 2 is 0.900 bits per heavy atom. The third kappa shape index (κ3) is 3.90. The van der Waals surface area contributed by atoms with Crippen LogP contribution in [0.1, 0.15) is 23.3 Å². The molecule has 2 nitrogen and oxygen atoms in total. The summed E-state index contributed by atoms with van der Waals surface area (Å²) < 4.78 is 166. The van der Waals surface area contributed by atoms with E-state index >= 15 is 0 Å². The molecular weight excluding hydrogens is 609 g/mol. The topological polar surface area (TPSA) is 26.3 Å². The summed E-state index contributed by atoms with van der Waals surface area (Å²) >= 11 is 0. The van der Waals surface area contributed by atoms with E-state index in [-0.39, 0.29) is 71.0 Å². The fourth-order valence-corrected chi connectivity index (χ4v) is 7.08. The van der Waals surface area contributed by atoms with Crippen molar-refractivity contribution in [2.24, 2.45) is 0 Å². The first-order chi connectivity index (χ1) is 31.9. The van der Waals surface area contributed by atoms with Crippen LogP contribution in [0.25, 0.3) is 110 Å². The van der Waals surface area contributed by atoms with Gasteiger partial charge in [0.05, 0.1) is 23.3 Å². The van der Waals surface area contributed by atoms with Crippen LogP contribution in [-0.2, 0) is 0 Å². The molecule has 50 heavy (non-hydrogen) atoms. The van der Waals surface area contributed by atoms with Gasteiger partial charge in [-0.1, -0.05) is 139 Å². The molecule has 11 aromatic rings. The molecule has 0 radical (unpaired) electrons. The standard InChI is InChI=1S/C48H28O2/c1-2-12-33-29(10-1)11-9-18-34(33)30-20-22-31(23-21-30)45-35-13-3-5-15-37(35)46(38-16-6-4-14-36(38)45)32-24-25-40-44(28-32)50-43-27-26-42-47(48(40)43)39-17-7-8-19-41(39)49-42/h1-28H/i3D,4D,5D,6D,7D,8D,13D,14D,15D,16D,17D,19D,24D,25D,26D,27D,28D. The predicted molar refractivity (Wildman–Crippen MR) is 210 cm³/mol. The van der Waals surface area contributed by atoms with Crippen molar-refractivity contribution in [1.29, 1.82) is 0 Å². The van der Waals surface area contributed by atoms with Crippen LogP contribution < -0.4 is 0 Å². The second-order valence-corrected chi connectivity index (χ2v) is 11.9. The summed E-state index contributed by atoms with van der Waals surface area (Å²) in [6.07, 6.45) is 0. The second-order valence-electron chi connectivity index (χ2n) is 11.9. The van der Waals surface area contributed by atoms with Crippen LogP contribution in [0.4, 0.5) is 0 Å². The van der Waals surface area contributed by atoms with Gasteiger partial charge in [-0.2, -0.15) is 0 Å². The quantitative estimate of drug-likeness (QED) is 0.177. The summed E-state index contributed by atoms with van der Waals surface area (Å²) in [4.78, 5) is 0. The van der Waals surface area contributed by atoms with Gasteiger partial charge in [-0.05, 0) is 95.9 Å². The molecule has 0 spiro atoms. The average Bonchev–Trinajstić information content (AvgIpc) is 3.94. The molecular formula is C48H28O2. The first kappa shape index (κ1) is 15.7. The van der Waals surface area contributed by atoms with Crippen LogP contribution in [0, 0.1) is 0 Å². The minimum Gasteiger partial charge on any atom is -0.456 e. The average molecular weight is 654 g/mol. The zero-order valence-electron chi connectivity index (χ0n) is 42.7. The Bertz CT molecular complexity index is 4030. The number of fused-ring (bicyclic) bond motifs is 10. The van der Waals surface area contributed by atoms with Gasteiger partial charge in [0, 0.05) is 21.5 Å². The number of para-hydroxylation sites is 1. The van der Waals surface area contributed by atoms with E-state index in [0.29, 0.717) is 5.56 Å². The SMILES string of the molecule is [2H]c1c([2H])c([2H])c2c(oc3c([2H])c([2H])c4oc5c([2H])c(-c6c7c([2H])c([2H])c([2H])c([2H])c7c(-c7ccc(-c8cccc9ccccc89)cc7)c7c([2H])c([2H])c([2H])c([2H])c67)c([2H])c([2H])c5c4c32)c1[2H]. The maximum absolute atomic E-state index is 9.78. The molecule has 0 unspecified atom stereocenters. The van der Waals surface area contributed by atoms with Gasteiger partial charge < -0.3 is 8.83 Å². The van der Waals surface area contributed by atoms with Gasteiger partial charge in [0.2, 0.25) is 0 Å². The number of hydrogen-bond acceptors (Lipinski definition) is 2. The van der Waals surface area contributed by atoms with Crippen molar-refractivity contribution in [3.8, 4) is 33.4 Å².